The molecule has 19 heavy (non-hydrogen) atoms. The van der Waals surface area contributed by atoms with Crippen LogP contribution in [0.25, 0.3) is 0 Å². The number of ketones is 1. The summed E-state index contributed by atoms with van der Waals surface area (Å²) in [7, 11) is 0. The molecule has 0 amide bonds. The number of aliphatic hydroxyl groups is 1. The Morgan fingerprint density at radius 1 is 1.42 bits per heavy atom. The van der Waals surface area contributed by atoms with E-state index < -0.39 is 18.0 Å². The molecule has 2 N–H and O–H groups in total. The molecule has 0 radical (unpaired) electrons. The predicted molar refractivity (Wildman–Crippen MR) is 70.5 cm³/mol. The zero-order valence-corrected chi connectivity index (χ0v) is 11.6. The fraction of sp³-hybridized carbons (Fsp3) is 0.600. The van der Waals surface area contributed by atoms with Crippen molar-refractivity contribution in [3.05, 3.63) is 23.3 Å². The minimum Gasteiger partial charge on any atom is -0.478 e. The number of carboxylic acid groups (broad SMARTS) is 1. The maximum absolute atomic E-state index is 12.2. The van der Waals surface area contributed by atoms with Gasteiger partial charge >= 0.3 is 5.97 Å². The average molecular weight is 264 g/mol. The maximum atomic E-state index is 12.2. The number of carbonyl (C=O) groups is 2. The molecule has 0 spiro atoms. The first-order valence-corrected chi connectivity index (χ1v) is 6.51. The second kappa shape index (κ2) is 4.30. The Kier molecular flexibility index (Phi) is 3.17. The summed E-state index contributed by atoms with van der Waals surface area (Å²) in [4.78, 5) is 23.3. The van der Waals surface area contributed by atoms with Gasteiger partial charge in [-0.2, -0.15) is 0 Å². The Hall–Kier alpha value is -1.42. The lowest BCUT2D eigenvalue weighted by atomic mass is 9.62. The fourth-order valence-corrected chi connectivity index (χ4v) is 3.31. The highest BCUT2D eigenvalue weighted by molar-refractivity contribution is 5.91. The van der Waals surface area contributed by atoms with E-state index in [2.05, 4.69) is 13.8 Å². The molecule has 4 heteroatoms. The molecule has 0 saturated heterocycles. The molecule has 1 fully saturated rings. The van der Waals surface area contributed by atoms with Gasteiger partial charge in [-0.05, 0) is 17.4 Å². The van der Waals surface area contributed by atoms with E-state index in [4.69, 9.17) is 5.11 Å². The van der Waals surface area contributed by atoms with Gasteiger partial charge in [-0.3, -0.25) is 4.79 Å². The van der Waals surface area contributed by atoms with Crippen LogP contribution < -0.4 is 0 Å². The molecule has 0 aromatic heterocycles. The molecular weight excluding hydrogens is 244 g/mol. The van der Waals surface area contributed by atoms with Crippen molar-refractivity contribution in [2.24, 2.45) is 16.7 Å². The van der Waals surface area contributed by atoms with Crippen molar-refractivity contribution in [3.63, 3.8) is 0 Å². The number of Topliss-reactive ketones (excluding diaryl/α,β-unsaturated/α-hetero) is 1. The Morgan fingerprint density at radius 3 is 2.37 bits per heavy atom. The Bertz CT molecular complexity index is 498. The number of allylic oxidation sites excluding steroid dienone is 3. The van der Waals surface area contributed by atoms with Crippen LogP contribution in [0.1, 0.15) is 33.6 Å². The topological polar surface area (TPSA) is 74.6 Å². The molecule has 1 saturated carbocycles. The minimum absolute atomic E-state index is 0.00232. The van der Waals surface area contributed by atoms with E-state index in [9.17, 15) is 14.7 Å². The minimum atomic E-state index is -1.11. The van der Waals surface area contributed by atoms with E-state index in [1.807, 2.05) is 13.0 Å². The summed E-state index contributed by atoms with van der Waals surface area (Å²) in [5, 5.41) is 18.3. The summed E-state index contributed by atoms with van der Waals surface area (Å²) in [5.74, 6) is -1.10. The zero-order valence-electron chi connectivity index (χ0n) is 11.6. The summed E-state index contributed by atoms with van der Waals surface area (Å²) < 4.78 is 0. The number of carboxylic acids is 1. The van der Waals surface area contributed by atoms with E-state index in [0.29, 0.717) is 12.0 Å². The molecule has 104 valence electrons. The molecule has 0 aliphatic heterocycles. The molecule has 0 heterocycles. The first-order chi connectivity index (χ1) is 8.71. The number of rotatable bonds is 3. The third-order valence-electron chi connectivity index (χ3n) is 4.44. The summed E-state index contributed by atoms with van der Waals surface area (Å²) >= 11 is 0. The average Bonchev–Trinajstić information content (AvgIpc) is 2.56. The van der Waals surface area contributed by atoms with Gasteiger partial charge in [0.25, 0.3) is 0 Å². The number of carbonyl (C=O) groups excluding carboxylic acids is 1. The highest BCUT2D eigenvalue weighted by Crippen LogP contribution is 2.54. The van der Waals surface area contributed by atoms with Crippen LogP contribution in [0.5, 0.6) is 0 Å². The Morgan fingerprint density at radius 2 is 2.05 bits per heavy atom. The number of hydrogen-bond acceptors (Lipinski definition) is 3. The molecule has 2 aliphatic rings. The van der Waals surface area contributed by atoms with Crippen LogP contribution in [0.4, 0.5) is 0 Å². The highest BCUT2D eigenvalue weighted by atomic mass is 16.4. The Balaban J connectivity index is 2.38. The van der Waals surface area contributed by atoms with Crippen molar-refractivity contribution in [2.75, 3.05) is 6.61 Å². The molecular formula is C15H20O4. The third-order valence-corrected chi connectivity index (χ3v) is 4.44. The fourth-order valence-electron chi connectivity index (χ4n) is 3.31. The van der Waals surface area contributed by atoms with E-state index >= 15 is 0 Å². The van der Waals surface area contributed by atoms with Crippen LogP contribution in [0.3, 0.4) is 0 Å². The van der Waals surface area contributed by atoms with Crippen molar-refractivity contribution >= 4 is 11.8 Å². The zero-order chi connectivity index (χ0) is 14.4. The van der Waals surface area contributed by atoms with Crippen LogP contribution in [-0.4, -0.2) is 28.6 Å². The summed E-state index contributed by atoms with van der Waals surface area (Å²) in [6.07, 6.45) is 4.90. The third kappa shape index (κ3) is 2.14. The summed E-state index contributed by atoms with van der Waals surface area (Å²) in [6, 6.07) is 0. The normalized spacial score (nSPS) is 35.2. The molecule has 2 rings (SSSR count). The molecule has 4 nitrogen and oxygen atoms in total. The van der Waals surface area contributed by atoms with E-state index in [1.54, 1.807) is 6.08 Å². The summed E-state index contributed by atoms with van der Waals surface area (Å²) in [6.45, 7) is 5.51. The maximum Gasteiger partial charge on any atom is 0.334 e. The largest absolute Gasteiger partial charge is 0.478 e. The van der Waals surface area contributed by atoms with Crippen molar-refractivity contribution in [1.82, 2.24) is 0 Å². The van der Waals surface area contributed by atoms with Crippen molar-refractivity contribution in [3.8, 4) is 0 Å². The van der Waals surface area contributed by atoms with Crippen LogP contribution in [0.2, 0.25) is 0 Å². The molecule has 0 bridgehead atoms. The van der Waals surface area contributed by atoms with E-state index in [0.717, 1.165) is 6.42 Å². The Labute approximate surface area is 112 Å². The number of hydrogen-bond donors (Lipinski definition) is 2. The molecule has 0 aromatic carbocycles. The van der Waals surface area contributed by atoms with Gasteiger partial charge in [-0.15, -0.1) is 0 Å². The van der Waals surface area contributed by atoms with Crippen molar-refractivity contribution in [1.29, 1.82) is 0 Å². The number of aliphatic hydroxyl groups excluding tert-OH is 1. The quantitative estimate of drug-likeness (QED) is 0.764. The standard InChI is InChI=1S/C15H20O4/c1-14(2)6-11(12(17)7-14)15(3)5-4-10(15)9(8-16)13(18)19/h4-5,11,16H,6-8H2,1-3H3,(H,18,19). The molecule has 2 unspecified atom stereocenters. The van der Waals surface area contributed by atoms with Crippen molar-refractivity contribution < 1.29 is 19.8 Å². The lowest BCUT2D eigenvalue weighted by molar-refractivity contribution is -0.133. The van der Waals surface area contributed by atoms with Gasteiger partial charge in [0.2, 0.25) is 0 Å². The van der Waals surface area contributed by atoms with Crippen LogP contribution >= 0.6 is 0 Å². The van der Waals surface area contributed by atoms with Gasteiger partial charge in [0.1, 0.15) is 5.78 Å². The SMILES string of the molecule is CC1(C)CC(=O)C(C2(C)C=CC2=C(CO)C(=O)O)C1. The predicted octanol–water partition coefficient (Wildman–Crippen LogP) is 1.94. The van der Waals surface area contributed by atoms with Gasteiger partial charge < -0.3 is 10.2 Å². The van der Waals surface area contributed by atoms with Gasteiger partial charge in [0.05, 0.1) is 12.2 Å². The van der Waals surface area contributed by atoms with Crippen molar-refractivity contribution in [2.45, 2.75) is 33.6 Å². The van der Waals surface area contributed by atoms with Gasteiger partial charge in [-0.25, -0.2) is 4.79 Å². The smallest absolute Gasteiger partial charge is 0.334 e. The second-order valence-electron chi connectivity index (χ2n) is 6.54. The van der Waals surface area contributed by atoms with Crippen LogP contribution in [0.15, 0.2) is 23.3 Å². The first kappa shape index (κ1) is 14.0. The molecule has 2 aliphatic carbocycles. The lowest BCUT2D eigenvalue weighted by Gasteiger charge is -2.41. The number of aliphatic carboxylic acids is 1. The first-order valence-electron chi connectivity index (χ1n) is 6.51. The van der Waals surface area contributed by atoms with Gasteiger partial charge in [0, 0.05) is 17.8 Å². The van der Waals surface area contributed by atoms with Gasteiger partial charge in [-0.1, -0.05) is 32.9 Å². The van der Waals surface area contributed by atoms with Gasteiger partial charge in [0.15, 0.2) is 0 Å². The van der Waals surface area contributed by atoms with Crippen LogP contribution in [0, 0.1) is 16.7 Å². The summed E-state index contributed by atoms with van der Waals surface area (Å²) in [5.41, 5.74) is 0.0319. The highest BCUT2D eigenvalue weighted by Gasteiger charge is 2.51. The van der Waals surface area contributed by atoms with E-state index in [-0.39, 0.29) is 22.7 Å². The second-order valence-corrected chi connectivity index (χ2v) is 6.54. The van der Waals surface area contributed by atoms with E-state index in [1.165, 1.54) is 0 Å². The van der Waals surface area contributed by atoms with Crippen LogP contribution in [-0.2, 0) is 9.59 Å². The monoisotopic (exact) mass is 264 g/mol. The lowest BCUT2D eigenvalue weighted by Crippen LogP contribution is -2.37. The molecule has 0 aromatic rings. The molecule has 2 atom stereocenters.